The summed E-state index contributed by atoms with van der Waals surface area (Å²) in [4.78, 5) is 68.6. The summed E-state index contributed by atoms with van der Waals surface area (Å²) in [5.41, 5.74) is 1.39. The van der Waals surface area contributed by atoms with Crippen LogP contribution in [0.15, 0.2) is 132 Å². The van der Waals surface area contributed by atoms with E-state index in [4.69, 9.17) is 0 Å². The van der Waals surface area contributed by atoms with Gasteiger partial charge in [0.25, 0.3) is 0 Å². The molecule has 1 N–H and O–H groups in total. The number of halogens is 1. The van der Waals surface area contributed by atoms with Crippen molar-refractivity contribution in [3.8, 4) is 0 Å². The van der Waals surface area contributed by atoms with Gasteiger partial charge in [-0.2, -0.15) is 0 Å². The molecule has 0 saturated carbocycles. The lowest BCUT2D eigenvalue weighted by Crippen LogP contribution is -2.21. The lowest BCUT2D eigenvalue weighted by atomic mass is 10.1. The minimum absolute atomic E-state index is 0.0226. The first-order valence-corrected chi connectivity index (χ1v) is 14.0. The second-order valence-corrected chi connectivity index (χ2v) is 10.0. The number of hydrogen-bond acceptors (Lipinski definition) is 8. The molecule has 0 radical (unpaired) electrons. The number of para-hydroxylation sites is 2. The highest BCUT2D eigenvalue weighted by molar-refractivity contribution is 6.09. The third-order valence-electron chi connectivity index (χ3n) is 7.16. The average molecular weight is 611 g/mol. The van der Waals surface area contributed by atoms with Crippen LogP contribution < -0.4 is 10.9 Å². The number of nitrogens with one attached hydrogen (secondary N) is 1. The van der Waals surface area contributed by atoms with E-state index in [1.165, 1.54) is 55.6 Å². The van der Waals surface area contributed by atoms with E-state index in [2.05, 4.69) is 24.9 Å². The molecule has 7 rings (SSSR count). The molecule has 0 bridgehead atoms. The van der Waals surface area contributed by atoms with Crippen molar-refractivity contribution in [1.82, 2.24) is 29.5 Å². The topological polar surface area (TPSA) is 141 Å². The van der Waals surface area contributed by atoms with Crippen LogP contribution in [-0.4, -0.2) is 41.1 Å². The van der Waals surface area contributed by atoms with Gasteiger partial charge in [-0.15, -0.1) is 0 Å². The van der Waals surface area contributed by atoms with Gasteiger partial charge in [0.1, 0.15) is 17.2 Å². The minimum atomic E-state index is -0.513. The van der Waals surface area contributed by atoms with Crippen molar-refractivity contribution >= 4 is 33.4 Å². The Labute approximate surface area is 259 Å². The molecule has 3 aromatic carbocycles. The Bertz CT molecular complexity index is 2340. The summed E-state index contributed by atoms with van der Waals surface area (Å²) in [6, 6.07) is 20.4. The number of nitrogens with zero attached hydrogens (tertiary/aromatic N) is 5. The van der Waals surface area contributed by atoms with Crippen LogP contribution in [0, 0.1) is 5.82 Å². The van der Waals surface area contributed by atoms with E-state index in [0.717, 1.165) is 0 Å². The largest absolute Gasteiger partial charge is 0.360 e. The highest BCUT2D eigenvalue weighted by Crippen LogP contribution is 2.17. The molecule has 11 heteroatoms. The number of benzene rings is 3. The van der Waals surface area contributed by atoms with Gasteiger partial charge < -0.3 is 9.55 Å². The molecule has 0 spiro atoms. The Morgan fingerprint density at radius 3 is 1.96 bits per heavy atom. The highest BCUT2D eigenvalue weighted by atomic mass is 19.1. The van der Waals surface area contributed by atoms with E-state index in [0.29, 0.717) is 27.4 Å². The first-order chi connectivity index (χ1) is 22.4. The van der Waals surface area contributed by atoms with Gasteiger partial charge in [-0.1, -0.05) is 42.5 Å². The van der Waals surface area contributed by atoms with E-state index in [9.17, 15) is 23.6 Å². The smallest absolute Gasteiger partial charge is 0.218 e. The van der Waals surface area contributed by atoms with Crippen molar-refractivity contribution < 1.29 is 14.0 Å². The summed E-state index contributed by atoms with van der Waals surface area (Å²) < 4.78 is 15.8. The maximum atomic E-state index is 14.1. The third kappa shape index (κ3) is 5.97. The number of pyridine rings is 2. The van der Waals surface area contributed by atoms with Crippen LogP contribution in [0.5, 0.6) is 0 Å². The van der Waals surface area contributed by atoms with Crippen LogP contribution in [0.1, 0.15) is 37.7 Å². The van der Waals surface area contributed by atoms with Crippen molar-refractivity contribution in [1.29, 1.82) is 0 Å². The van der Waals surface area contributed by atoms with Crippen LogP contribution in [-0.2, 0) is 6.54 Å². The second-order valence-electron chi connectivity index (χ2n) is 10.0. The molecule has 0 saturated heterocycles. The molecule has 0 amide bonds. The molecule has 10 nitrogen and oxygen atoms in total. The Balaban J connectivity index is 0.000000172. The summed E-state index contributed by atoms with van der Waals surface area (Å²) in [7, 11) is 0. The lowest BCUT2D eigenvalue weighted by molar-refractivity contribution is 0.102. The molecule has 4 aromatic heterocycles. The van der Waals surface area contributed by atoms with Crippen molar-refractivity contribution in [2.75, 3.05) is 0 Å². The number of fused-ring (bicyclic) bond motifs is 2. The van der Waals surface area contributed by atoms with E-state index >= 15 is 0 Å². The highest BCUT2D eigenvalue weighted by Gasteiger charge is 2.19. The van der Waals surface area contributed by atoms with Gasteiger partial charge in [0.15, 0.2) is 0 Å². The van der Waals surface area contributed by atoms with Gasteiger partial charge in [0.05, 0.1) is 35.6 Å². The molecule has 0 atom stereocenters. The first kappa shape index (κ1) is 29.6. The third-order valence-corrected chi connectivity index (χ3v) is 7.16. The second kappa shape index (κ2) is 13.0. The molecule has 0 aliphatic carbocycles. The monoisotopic (exact) mass is 610 g/mol. The predicted molar refractivity (Wildman–Crippen MR) is 169 cm³/mol. The van der Waals surface area contributed by atoms with E-state index < -0.39 is 11.6 Å². The van der Waals surface area contributed by atoms with Gasteiger partial charge in [0, 0.05) is 59.0 Å². The molecule has 0 fully saturated rings. The van der Waals surface area contributed by atoms with Crippen LogP contribution >= 0.6 is 0 Å². The number of aromatic amines is 1. The number of carbonyl (C=O) groups is 2. The van der Waals surface area contributed by atoms with Gasteiger partial charge in [-0.3, -0.25) is 29.1 Å². The molecular weight excluding hydrogens is 587 g/mol. The lowest BCUT2D eigenvalue weighted by Gasteiger charge is -2.13. The number of H-pyrrole nitrogens is 1. The molecule has 0 aliphatic rings. The first-order valence-electron chi connectivity index (χ1n) is 14.0. The Hall–Kier alpha value is -6.49. The number of hydrogen-bond donors (Lipinski definition) is 1. The molecular formula is C35H23FN6O4. The molecule has 4 heterocycles. The molecule has 0 unspecified atom stereocenters. The number of aromatic nitrogens is 6. The zero-order chi connectivity index (χ0) is 32.0. The normalized spacial score (nSPS) is 10.7. The van der Waals surface area contributed by atoms with E-state index in [1.54, 1.807) is 65.2 Å². The molecule has 224 valence electrons. The fourth-order valence-electron chi connectivity index (χ4n) is 4.89. The van der Waals surface area contributed by atoms with Crippen molar-refractivity contribution in [3.05, 3.63) is 177 Å². The van der Waals surface area contributed by atoms with Gasteiger partial charge in [-0.05, 0) is 30.3 Å². The van der Waals surface area contributed by atoms with Crippen LogP contribution in [0.25, 0.3) is 21.8 Å². The minimum Gasteiger partial charge on any atom is -0.360 e. The maximum absolute atomic E-state index is 14.1. The van der Waals surface area contributed by atoms with Gasteiger partial charge >= 0.3 is 0 Å². The summed E-state index contributed by atoms with van der Waals surface area (Å²) in [6.45, 7) is 0.189. The maximum Gasteiger partial charge on any atom is 0.218 e. The molecule has 46 heavy (non-hydrogen) atoms. The molecule has 0 aliphatic heterocycles. The van der Waals surface area contributed by atoms with Crippen LogP contribution in [0.2, 0.25) is 0 Å². The fraction of sp³-hybridized carbons (Fsp3) is 0.0286. The van der Waals surface area contributed by atoms with Gasteiger partial charge in [0.2, 0.25) is 22.4 Å². The number of carbonyl (C=O) groups excluding carboxylic acids is 2. The van der Waals surface area contributed by atoms with E-state index in [-0.39, 0.29) is 45.7 Å². The van der Waals surface area contributed by atoms with Crippen molar-refractivity contribution in [2.24, 2.45) is 0 Å². The Kier molecular flexibility index (Phi) is 8.37. The van der Waals surface area contributed by atoms with Crippen LogP contribution in [0.3, 0.4) is 0 Å². The number of ketones is 2. The zero-order valence-electron chi connectivity index (χ0n) is 24.0. The Morgan fingerprint density at radius 2 is 1.28 bits per heavy atom. The van der Waals surface area contributed by atoms with Gasteiger partial charge in [-0.25, -0.2) is 14.4 Å². The summed E-state index contributed by atoms with van der Waals surface area (Å²) in [6.07, 6.45) is 11.3. The summed E-state index contributed by atoms with van der Waals surface area (Å²) >= 11 is 0. The Morgan fingerprint density at radius 1 is 0.696 bits per heavy atom. The standard InChI is InChI=1S/C21H14FN3O2.C14H9N3O2/c22-17-7-3-1-5-14(17)12-25-13-16(21(27)18-11-23-9-10-24-18)20(26)15-6-2-4-8-19(15)25;18-13-9-3-1-2-4-11(9)17-7-10(13)14(19)12-8-15-5-6-16-12/h1-11,13H,12H2;1-8H,(H,17,18). The average Bonchev–Trinajstić information content (AvgIpc) is 3.11. The van der Waals surface area contributed by atoms with Crippen LogP contribution in [0.4, 0.5) is 4.39 Å². The predicted octanol–water partition coefficient (Wildman–Crippen LogP) is 4.76. The summed E-state index contributed by atoms with van der Waals surface area (Å²) in [5, 5.41) is 0.876. The van der Waals surface area contributed by atoms with E-state index in [1.807, 2.05) is 6.07 Å². The van der Waals surface area contributed by atoms with Crippen molar-refractivity contribution in [3.63, 3.8) is 0 Å². The quantitative estimate of drug-likeness (QED) is 0.266. The SMILES string of the molecule is O=C(c1cnccn1)c1c[nH]c2ccccc2c1=O.O=C(c1cnccn1)c1cn(Cc2ccccc2F)c2ccccc2c1=O. The summed E-state index contributed by atoms with van der Waals surface area (Å²) in [5.74, 6) is -1.29. The molecule has 7 aromatic rings. The van der Waals surface area contributed by atoms with Crippen molar-refractivity contribution in [2.45, 2.75) is 6.54 Å². The zero-order valence-corrected chi connectivity index (χ0v) is 24.0. The number of rotatable bonds is 6. The fourth-order valence-corrected chi connectivity index (χ4v) is 4.89.